The van der Waals surface area contributed by atoms with Gasteiger partial charge in [-0.15, -0.1) is 0 Å². The van der Waals surface area contributed by atoms with Crippen molar-refractivity contribution >= 4 is 75.6 Å². The largest absolute Gasteiger partial charge is 0.335 e. The molecule has 1 aromatic carbocycles. The van der Waals surface area contributed by atoms with Crippen molar-refractivity contribution in [2.45, 2.75) is 26.1 Å². The Morgan fingerprint density at radius 1 is 0.926 bits per heavy atom. The molecule has 2 aliphatic rings. The van der Waals surface area contributed by atoms with Gasteiger partial charge in [0.05, 0.1) is 0 Å². The molecule has 4 rings (SSSR count). The summed E-state index contributed by atoms with van der Waals surface area (Å²) in [5.41, 5.74) is 1.24. The third-order valence-electron chi connectivity index (χ3n) is 4.66. The van der Waals surface area contributed by atoms with Crippen molar-refractivity contribution in [1.29, 1.82) is 0 Å². The zero-order chi connectivity index (χ0) is 19.4. The molecule has 1 aromatic heterocycles. The number of rotatable bonds is 2. The van der Waals surface area contributed by atoms with E-state index >= 15 is 0 Å². The van der Waals surface area contributed by atoms with E-state index in [1.807, 2.05) is 0 Å². The second kappa shape index (κ2) is 7.21. The molecule has 2 aliphatic heterocycles. The van der Waals surface area contributed by atoms with Gasteiger partial charge in [-0.2, -0.15) is 9.97 Å². The highest BCUT2D eigenvalue weighted by Gasteiger charge is 2.40. The normalized spacial score (nSPS) is 22.5. The van der Waals surface area contributed by atoms with Crippen LogP contribution in [0.15, 0.2) is 24.3 Å². The third kappa shape index (κ3) is 4.20. The Kier molecular flexibility index (Phi) is 5.34. The smallest absolute Gasteiger partial charge is 0.250 e. The average Bonchev–Trinajstić information content (AvgIpc) is 3.23. The standard InChI is InChI=1S/C16H13Cl6N5/c17-15(18,19)9-3-1-8(2-4-9)12-24-13(16(20,21)22)26-14(25-12)27-7-10-5-11(27)6-23-10/h1-4,10-11,23H,5-7H2. The van der Waals surface area contributed by atoms with Crippen LogP contribution in [0.4, 0.5) is 5.95 Å². The molecule has 0 radical (unpaired) electrons. The topological polar surface area (TPSA) is 53.9 Å². The molecule has 1 N–H and O–H groups in total. The molecule has 144 valence electrons. The van der Waals surface area contributed by atoms with Gasteiger partial charge in [0, 0.05) is 36.3 Å². The van der Waals surface area contributed by atoms with Gasteiger partial charge in [0.25, 0.3) is 0 Å². The molecular weight excluding hydrogens is 475 g/mol. The van der Waals surface area contributed by atoms with E-state index in [1.54, 1.807) is 24.3 Å². The van der Waals surface area contributed by atoms with Crippen LogP contribution in [0.2, 0.25) is 0 Å². The monoisotopic (exact) mass is 485 g/mol. The first-order valence-corrected chi connectivity index (χ1v) is 10.4. The molecule has 5 nitrogen and oxygen atoms in total. The molecule has 2 aromatic rings. The Labute approximate surface area is 186 Å². The van der Waals surface area contributed by atoms with Crippen molar-refractivity contribution < 1.29 is 0 Å². The summed E-state index contributed by atoms with van der Waals surface area (Å²) in [5.74, 6) is 0.974. The van der Waals surface area contributed by atoms with Gasteiger partial charge in [0.2, 0.25) is 13.5 Å². The molecule has 2 unspecified atom stereocenters. The number of hydrogen-bond acceptors (Lipinski definition) is 5. The number of anilines is 1. The van der Waals surface area contributed by atoms with Crippen molar-refractivity contribution in [2.24, 2.45) is 0 Å². The second-order valence-corrected chi connectivity index (χ2v) is 11.1. The quantitative estimate of drug-likeness (QED) is 0.620. The van der Waals surface area contributed by atoms with Gasteiger partial charge in [0.15, 0.2) is 11.6 Å². The van der Waals surface area contributed by atoms with Crippen LogP contribution in [0.1, 0.15) is 17.8 Å². The highest BCUT2D eigenvalue weighted by Crippen LogP contribution is 2.40. The summed E-state index contributed by atoms with van der Waals surface area (Å²) in [6.07, 6.45) is 1.04. The maximum atomic E-state index is 6.06. The molecule has 2 fully saturated rings. The van der Waals surface area contributed by atoms with E-state index in [4.69, 9.17) is 69.6 Å². The van der Waals surface area contributed by atoms with E-state index in [0.717, 1.165) is 19.5 Å². The second-order valence-electron chi connectivity index (χ2n) is 6.50. The zero-order valence-corrected chi connectivity index (χ0v) is 18.2. The predicted octanol–water partition coefficient (Wildman–Crippen LogP) is 4.74. The molecule has 3 heterocycles. The van der Waals surface area contributed by atoms with Crippen LogP contribution in [0.3, 0.4) is 0 Å². The Bertz CT molecular complexity index is 848. The number of benzene rings is 1. The first kappa shape index (κ1) is 20.0. The van der Waals surface area contributed by atoms with Crippen molar-refractivity contribution in [1.82, 2.24) is 20.3 Å². The van der Waals surface area contributed by atoms with Crippen LogP contribution >= 0.6 is 69.6 Å². The molecule has 27 heavy (non-hydrogen) atoms. The lowest BCUT2D eigenvalue weighted by Gasteiger charge is -2.28. The minimum absolute atomic E-state index is 0.0775. The fourth-order valence-electron chi connectivity index (χ4n) is 3.36. The number of aromatic nitrogens is 3. The zero-order valence-electron chi connectivity index (χ0n) is 13.6. The lowest BCUT2D eigenvalue weighted by atomic mass is 10.1. The number of alkyl halides is 6. The highest BCUT2D eigenvalue weighted by molar-refractivity contribution is 6.67. The van der Waals surface area contributed by atoms with Gasteiger partial charge in [-0.1, -0.05) is 93.9 Å². The van der Waals surface area contributed by atoms with Crippen LogP contribution < -0.4 is 10.2 Å². The number of hydrogen-bond donors (Lipinski definition) is 1. The van der Waals surface area contributed by atoms with E-state index in [1.165, 1.54) is 0 Å². The summed E-state index contributed by atoms with van der Waals surface area (Å²) in [5, 5.41) is 3.44. The number of piperazine rings is 1. The molecule has 2 saturated heterocycles. The first-order valence-electron chi connectivity index (χ1n) is 8.12. The van der Waals surface area contributed by atoms with E-state index in [0.29, 0.717) is 35.0 Å². The molecule has 0 aliphatic carbocycles. The fourth-order valence-corrected chi connectivity index (χ4v) is 3.99. The van der Waals surface area contributed by atoms with Crippen LogP contribution in [0, 0.1) is 0 Å². The number of nitrogens with one attached hydrogen (secondary N) is 1. The summed E-state index contributed by atoms with van der Waals surface area (Å²) in [4.78, 5) is 15.5. The minimum atomic E-state index is -1.76. The minimum Gasteiger partial charge on any atom is -0.335 e. The Hall–Kier alpha value is -0.270. The number of fused-ring (bicyclic) bond motifs is 2. The summed E-state index contributed by atoms with van der Waals surface area (Å²) in [6, 6.07) is 7.66. The fraction of sp³-hybridized carbons (Fsp3) is 0.438. The van der Waals surface area contributed by atoms with E-state index in [-0.39, 0.29) is 5.82 Å². The SMILES string of the molecule is ClC(Cl)(Cl)c1ccc(-c2nc(N3CC4CC3CN4)nc(C(Cl)(Cl)Cl)n2)cc1. The van der Waals surface area contributed by atoms with Gasteiger partial charge >= 0.3 is 0 Å². The van der Waals surface area contributed by atoms with Crippen molar-refractivity contribution in [3.8, 4) is 11.4 Å². The van der Waals surface area contributed by atoms with Gasteiger partial charge in [0.1, 0.15) is 0 Å². The average molecular weight is 488 g/mol. The summed E-state index contributed by atoms with van der Waals surface area (Å²) < 4.78 is -3.27. The van der Waals surface area contributed by atoms with E-state index in [2.05, 4.69) is 25.2 Å². The lowest BCUT2D eigenvalue weighted by molar-refractivity contribution is 0.570. The molecule has 0 amide bonds. The number of halogens is 6. The highest BCUT2D eigenvalue weighted by atomic mass is 35.6. The van der Waals surface area contributed by atoms with Crippen LogP contribution in [0.5, 0.6) is 0 Å². The molecule has 2 atom stereocenters. The Morgan fingerprint density at radius 2 is 1.63 bits per heavy atom. The molecular formula is C16H13Cl6N5. The third-order valence-corrected chi connectivity index (χ3v) is 5.82. The van der Waals surface area contributed by atoms with E-state index in [9.17, 15) is 0 Å². The summed E-state index contributed by atoms with van der Waals surface area (Å²) in [6.45, 7) is 1.69. The van der Waals surface area contributed by atoms with Gasteiger partial charge in [-0.3, -0.25) is 0 Å². The number of nitrogens with zero attached hydrogens (tertiary/aromatic N) is 4. The molecule has 2 bridgehead atoms. The van der Waals surface area contributed by atoms with Crippen LogP contribution in [0.25, 0.3) is 11.4 Å². The lowest BCUT2D eigenvalue weighted by Crippen LogP contribution is -2.44. The maximum absolute atomic E-state index is 6.06. The summed E-state index contributed by atoms with van der Waals surface area (Å²) >= 11 is 35.9. The predicted molar refractivity (Wildman–Crippen MR) is 111 cm³/mol. The molecule has 0 saturated carbocycles. The Morgan fingerprint density at radius 3 is 2.15 bits per heavy atom. The first-order chi connectivity index (χ1) is 12.6. The molecule has 0 spiro atoms. The van der Waals surface area contributed by atoms with Crippen molar-refractivity contribution in [3.05, 3.63) is 35.7 Å². The van der Waals surface area contributed by atoms with E-state index < -0.39 is 7.59 Å². The van der Waals surface area contributed by atoms with Crippen molar-refractivity contribution in [2.75, 3.05) is 18.0 Å². The van der Waals surface area contributed by atoms with Crippen LogP contribution in [-0.2, 0) is 7.59 Å². The van der Waals surface area contributed by atoms with Crippen molar-refractivity contribution in [3.63, 3.8) is 0 Å². The van der Waals surface area contributed by atoms with Gasteiger partial charge < -0.3 is 10.2 Å². The van der Waals surface area contributed by atoms with Gasteiger partial charge in [-0.05, 0) is 6.42 Å². The molecule has 11 heteroatoms. The van der Waals surface area contributed by atoms with Crippen LogP contribution in [-0.4, -0.2) is 40.1 Å². The van der Waals surface area contributed by atoms with Gasteiger partial charge in [-0.25, -0.2) is 4.98 Å². The summed E-state index contributed by atoms with van der Waals surface area (Å²) in [7, 11) is 0. The maximum Gasteiger partial charge on any atom is 0.250 e. The Balaban J connectivity index is 1.75.